The van der Waals surface area contributed by atoms with Gasteiger partial charge >= 0.3 is 0 Å². The second-order valence-corrected chi connectivity index (χ2v) is 4.72. The zero-order valence-corrected chi connectivity index (χ0v) is 10.3. The number of anilines is 1. The number of hydrogen-bond donors (Lipinski definition) is 1. The molecule has 1 aromatic carbocycles. The molecule has 0 atom stereocenters. The highest BCUT2D eigenvalue weighted by Crippen LogP contribution is 2.19. The van der Waals surface area contributed by atoms with Crippen molar-refractivity contribution in [2.75, 3.05) is 23.9 Å². The van der Waals surface area contributed by atoms with E-state index in [9.17, 15) is 0 Å². The fourth-order valence-corrected chi connectivity index (χ4v) is 1.60. The lowest BCUT2D eigenvalue weighted by molar-refractivity contribution is 1.22. The average Bonchev–Trinajstić information content (AvgIpc) is 2.12. The van der Waals surface area contributed by atoms with Gasteiger partial charge in [0, 0.05) is 22.5 Å². The van der Waals surface area contributed by atoms with E-state index in [2.05, 4.69) is 52.6 Å². The van der Waals surface area contributed by atoms with Gasteiger partial charge in [-0.15, -0.1) is 0 Å². The molecular formula is C10H14BrNS. The molecule has 0 aliphatic carbocycles. The van der Waals surface area contributed by atoms with E-state index >= 15 is 0 Å². The zero-order valence-electron chi connectivity index (χ0n) is 7.93. The third-order valence-corrected chi connectivity index (χ3v) is 3.30. The summed E-state index contributed by atoms with van der Waals surface area (Å²) in [4.78, 5) is 0. The predicted octanol–water partition coefficient (Wildman–Crippen LogP) is 3.53. The van der Waals surface area contributed by atoms with E-state index in [-0.39, 0.29) is 0 Å². The third kappa shape index (κ3) is 3.61. The van der Waals surface area contributed by atoms with Gasteiger partial charge in [0.15, 0.2) is 0 Å². The Balaban J connectivity index is 2.53. The smallest absolute Gasteiger partial charge is 0.0343 e. The number of benzene rings is 1. The molecule has 72 valence electrons. The molecule has 0 aliphatic heterocycles. The molecule has 1 rings (SSSR count). The number of aryl methyl sites for hydroxylation is 1. The van der Waals surface area contributed by atoms with Crippen LogP contribution in [0.3, 0.4) is 0 Å². The van der Waals surface area contributed by atoms with Gasteiger partial charge in [-0.2, -0.15) is 11.8 Å². The molecule has 1 nitrogen and oxygen atoms in total. The molecule has 0 amide bonds. The maximum absolute atomic E-state index is 3.48. The van der Waals surface area contributed by atoms with E-state index in [1.807, 2.05) is 11.8 Å². The molecule has 0 unspecified atom stereocenters. The first-order valence-corrected chi connectivity index (χ1v) is 6.41. The average molecular weight is 260 g/mol. The normalized spacial score (nSPS) is 10.1. The molecule has 0 aromatic heterocycles. The molecule has 0 aliphatic rings. The number of thioether (sulfide) groups is 1. The van der Waals surface area contributed by atoms with Crippen molar-refractivity contribution in [3.05, 3.63) is 28.2 Å². The predicted molar refractivity (Wildman–Crippen MR) is 65.8 cm³/mol. The SMILES string of the molecule is CSCCNc1ccc(Br)c(C)c1. The van der Waals surface area contributed by atoms with Crippen LogP contribution < -0.4 is 5.32 Å². The summed E-state index contributed by atoms with van der Waals surface area (Å²) in [5.74, 6) is 1.15. The first-order valence-electron chi connectivity index (χ1n) is 4.23. The fourth-order valence-electron chi connectivity index (χ4n) is 1.05. The summed E-state index contributed by atoms with van der Waals surface area (Å²) in [6.07, 6.45) is 2.12. The molecule has 1 N–H and O–H groups in total. The number of halogens is 1. The largest absolute Gasteiger partial charge is 0.384 e. The van der Waals surface area contributed by atoms with Crippen LogP contribution in [-0.4, -0.2) is 18.6 Å². The van der Waals surface area contributed by atoms with E-state index in [0.717, 1.165) is 12.3 Å². The third-order valence-electron chi connectivity index (χ3n) is 1.79. The highest BCUT2D eigenvalue weighted by molar-refractivity contribution is 9.10. The van der Waals surface area contributed by atoms with Crippen LogP contribution in [-0.2, 0) is 0 Å². The maximum Gasteiger partial charge on any atom is 0.0343 e. The minimum Gasteiger partial charge on any atom is -0.384 e. The van der Waals surface area contributed by atoms with Gasteiger partial charge in [0.1, 0.15) is 0 Å². The Kier molecular flexibility index (Phi) is 4.67. The summed E-state index contributed by atoms with van der Waals surface area (Å²) in [7, 11) is 0. The molecule has 0 spiro atoms. The summed E-state index contributed by atoms with van der Waals surface area (Å²) < 4.78 is 1.17. The molecule has 0 heterocycles. The Morgan fingerprint density at radius 2 is 2.23 bits per heavy atom. The summed E-state index contributed by atoms with van der Waals surface area (Å²) in [6, 6.07) is 6.33. The second kappa shape index (κ2) is 5.55. The topological polar surface area (TPSA) is 12.0 Å². The molecule has 0 saturated carbocycles. The quantitative estimate of drug-likeness (QED) is 0.831. The van der Waals surface area contributed by atoms with Crippen molar-refractivity contribution in [3.8, 4) is 0 Å². The summed E-state index contributed by atoms with van der Waals surface area (Å²) >= 11 is 5.34. The van der Waals surface area contributed by atoms with Gasteiger partial charge in [-0.05, 0) is 36.9 Å². The molecule has 0 fully saturated rings. The molecule has 0 bridgehead atoms. The van der Waals surface area contributed by atoms with Gasteiger partial charge in [0.05, 0.1) is 0 Å². The number of nitrogens with one attached hydrogen (secondary N) is 1. The molecule has 3 heteroatoms. The monoisotopic (exact) mass is 259 g/mol. The molecule has 13 heavy (non-hydrogen) atoms. The van der Waals surface area contributed by atoms with Gasteiger partial charge in [0.2, 0.25) is 0 Å². The first-order chi connectivity index (χ1) is 6.24. The minimum absolute atomic E-state index is 1.03. The van der Waals surface area contributed by atoms with Crippen molar-refractivity contribution in [3.63, 3.8) is 0 Å². The van der Waals surface area contributed by atoms with Crippen LogP contribution in [0.2, 0.25) is 0 Å². The Morgan fingerprint density at radius 1 is 1.46 bits per heavy atom. The van der Waals surface area contributed by atoms with Crippen LogP contribution in [0, 0.1) is 6.92 Å². The standard InChI is InChI=1S/C10H14BrNS/c1-8-7-9(3-4-10(8)11)12-5-6-13-2/h3-4,7,12H,5-6H2,1-2H3. The van der Waals surface area contributed by atoms with Crippen molar-refractivity contribution in [1.29, 1.82) is 0 Å². The van der Waals surface area contributed by atoms with E-state index in [1.54, 1.807) is 0 Å². The van der Waals surface area contributed by atoms with Crippen LogP contribution >= 0.6 is 27.7 Å². The summed E-state index contributed by atoms with van der Waals surface area (Å²) in [5.41, 5.74) is 2.48. The minimum atomic E-state index is 1.03. The Bertz CT molecular complexity index is 276. The van der Waals surface area contributed by atoms with E-state index in [4.69, 9.17) is 0 Å². The number of hydrogen-bond acceptors (Lipinski definition) is 2. The lowest BCUT2D eigenvalue weighted by atomic mass is 10.2. The van der Waals surface area contributed by atoms with Gasteiger partial charge in [0.25, 0.3) is 0 Å². The second-order valence-electron chi connectivity index (χ2n) is 2.88. The van der Waals surface area contributed by atoms with Crippen LogP contribution in [0.15, 0.2) is 22.7 Å². The van der Waals surface area contributed by atoms with E-state index < -0.39 is 0 Å². The molecule has 0 saturated heterocycles. The van der Waals surface area contributed by atoms with Crippen molar-refractivity contribution in [1.82, 2.24) is 0 Å². The molecule has 1 aromatic rings. The Morgan fingerprint density at radius 3 is 2.85 bits per heavy atom. The van der Waals surface area contributed by atoms with Crippen molar-refractivity contribution in [2.24, 2.45) is 0 Å². The summed E-state index contributed by atoms with van der Waals surface area (Å²) in [6.45, 7) is 3.13. The van der Waals surface area contributed by atoms with Gasteiger partial charge in [-0.1, -0.05) is 15.9 Å². The maximum atomic E-state index is 3.48. The highest BCUT2D eigenvalue weighted by atomic mass is 79.9. The number of rotatable bonds is 4. The van der Waals surface area contributed by atoms with Crippen LogP contribution in [0.5, 0.6) is 0 Å². The lowest BCUT2D eigenvalue weighted by Gasteiger charge is -2.06. The first kappa shape index (κ1) is 10.9. The van der Waals surface area contributed by atoms with Crippen LogP contribution in [0.1, 0.15) is 5.56 Å². The zero-order chi connectivity index (χ0) is 9.68. The van der Waals surface area contributed by atoms with Crippen molar-refractivity contribution in [2.45, 2.75) is 6.92 Å². The molecule has 0 radical (unpaired) electrons. The van der Waals surface area contributed by atoms with Crippen molar-refractivity contribution < 1.29 is 0 Å². The highest BCUT2D eigenvalue weighted by Gasteiger charge is 1.95. The Labute approximate surface area is 92.4 Å². The lowest BCUT2D eigenvalue weighted by Crippen LogP contribution is -2.03. The van der Waals surface area contributed by atoms with Gasteiger partial charge < -0.3 is 5.32 Å². The van der Waals surface area contributed by atoms with Gasteiger partial charge in [-0.25, -0.2) is 0 Å². The van der Waals surface area contributed by atoms with Crippen LogP contribution in [0.25, 0.3) is 0 Å². The fraction of sp³-hybridized carbons (Fsp3) is 0.400. The molecular weight excluding hydrogens is 246 g/mol. The van der Waals surface area contributed by atoms with Crippen LogP contribution in [0.4, 0.5) is 5.69 Å². The van der Waals surface area contributed by atoms with Crippen molar-refractivity contribution >= 4 is 33.4 Å². The van der Waals surface area contributed by atoms with E-state index in [0.29, 0.717) is 0 Å². The Hall–Kier alpha value is -0.150. The summed E-state index contributed by atoms with van der Waals surface area (Å²) in [5, 5.41) is 3.37. The van der Waals surface area contributed by atoms with Gasteiger partial charge in [-0.3, -0.25) is 0 Å². The van der Waals surface area contributed by atoms with E-state index in [1.165, 1.54) is 15.7 Å².